The maximum absolute atomic E-state index is 12.9. The van der Waals surface area contributed by atoms with Gasteiger partial charge in [-0.3, -0.25) is 9.59 Å². The summed E-state index contributed by atoms with van der Waals surface area (Å²) in [5.74, 6) is -1.15. The minimum atomic E-state index is -0.746. The van der Waals surface area contributed by atoms with Crippen molar-refractivity contribution in [1.29, 1.82) is 0 Å². The van der Waals surface area contributed by atoms with E-state index < -0.39 is 17.7 Å². The molecule has 6 heteroatoms. The Morgan fingerprint density at radius 3 is 2.29 bits per heavy atom. The highest BCUT2D eigenvalue weighted by Crippen LogP contribution is 2.35. The quantitative estimate of drug-likeness (QED) is 0.641. The third kappa shape index (κ3) is 2.83. The van der Waals surface area contributed by atoms with Crippen molar-refractivity contribution >= 4 is 17.7 Å². The first-order chi connectivity index (χ1) is 13.5. The van der Waals surface area contributed by atoms with Crippen LogP contribution in [0.3, 0.4) is 0 Å². The van der Waals surface area contributed by atoms with Gasteiger partial charge >= 0.3 is 6.09 Å². The Hall–Kier alpha value is -3.54. The molecule has 0 fully saturated rings. The highest BCUT2D eigenvalue weighted by molar-refractivity contribution is 6.52. The Morgan fingerprint density at radius 2 is 1.61 bits per heavy atom. The van der Waals surface area contributed by atoms with E-state index in [0.29, 0.717) is 22.6 Å². The van der Waals surface area contributed by atoms with Crippen molar-refractivity contribution in [2.24, 2.45) is 0 Å². The van der Waals surface area contributed by atoms with Crippen LogP contribution in [0, 0.1) is 0 Å². The van der Waals surface area contributed by atoms with Gasteiger partial charge in [-0.25, -0.2) is 14.3 Å². The Bertz CT molecular complexity index is 1100. The van der Waals surface area contributed by atoms with Crippen LogP contribution in [0.1, 0.15) is 52.0 Å². The average Bonchev–Trinajstić information content (AvgIpc) is 3.12. The third-order valence-corrected chi connectivity index (χ3v) is 4.66. The number of carbonyl (C=O) groups excluding carboxylic acids is 3. The first-order valence-electron chi connectivity index (χ1n) is 9.01. The van der Waals surface area contributed by atoms with Gasteiger partial charge in [0.05, 0.1) is 0 Å². The normalized spacial score (nSPS) is 12.7. The summed E-state index contributed by atoms with van der Waals surface area (Å²) in [7, 11) is 0. The van der Waals surface area contributed by atoms with E-state index in [9.17, 15) is 14.4 Å². The van der Waals surface area contributed by atoms with Crippen LogP contribution in [0.15, 0.2) is 54.6 Å². The van der Waals surface area contributed by atoms with E-state index in [2.05, 4.69) is 4.98 Å². The highest BCUT2D eigenvalue weighted by atomic mass is 16.5. The summed E-state index contributed by atoms with van der Waals surface area (Å²) in [6.07, 6.45) is -0.721. The number of carbonyl (C=O) groups is 3. The van der Waals surface area contributed by atoms with E-state index in [1.807, 2.05) is 44.2 Å². The number of fused-ring (bicyclic) bond motifs is 3. The van der Waals surface area contributed by atoms with Crippen molar-refractivity contribution in [3.63, 3.8) is 0 Å². The number of aromatic nitrogens is 2. The molecule has 1 aliphatic carbocycles. The maximum atomic E-state index is 12.9. The molecule has 2 aromatic carbocycles. The summed E-state index contributed by atoms with van der Waals surface area (Å²) in [5.41, 5.74) is 2.01. The second kappa shape index (κ2) is 6.88. The van der Waals surface area contributed by atoms with Crippen LogP contribution < -0.4 is 0 Å². The molecule has 0 radical (unpaired) electrons. The molecule has 0 N–H and O–H groups in total. The molecule has 0 unspecified atom stereocenters. The van der Waals surface area contributed by atoms with Gasteiger partial charge < -0.3 is 4.74 Å². The summed E-state index contributed by atoms with van der Waals surface area (Å²) in [6, 6.07) is 16.0. The first-order valence-corrected chi connectivity index (χ1v) is 9.01. The molecule has 0 aliphatic heterocycles. The zero-order valence-corrected chi connectivity index (χ0v) is 15.5. The molecule has 6 nitrogen and oxygen atoms in total. The molecule has 0 saturated heterocycles. The highest BCUT2D eigenvalue weighted by Gasteiger charge is 2.38. The van der Waals surface area contributed by atoms with Gasteiger partial charge in [0.25, 0.3) is 5.78 Å². The number of hydrogen-bond acceptors (Lipinski definition) is 5. The number of benzene rings is 2. The fraction of sp³-hybridized carbons (Fsp3) is 0.182. The summed E-state index contributed by atoms with van der Waals surface area (Å²) >= 11 is 0. The molecule has 140 valence electrons. The molecular formula is C22H18N2O4. The van der Waals surface area contributed by atoms with Crippen molar-refractivity contribution < 1.29 is 19.1 Å². The number of nitrogens with zero attached hydrogens (tertiary/aromatic N) is 2. The van der Waals surface area contributed by atoms with Gasteiger partial charge in [-0.1, -0.05) is 68.4 Å². The lowest BCUT2D eigenvalue weighted by atomic mass is 9.90. The molecule has 0 atom stereocenters. The molecule has 3 aromatic rings. The zero-order valence-electron chi connectivity index (χ0n) is 15.5. The van der Waals surface area contributed by atoms with Crippen LogP contribution in [0.25, 0.3) is 11.3 Å². The molecule has 0 spiro atoms. The Balaban J connectivity index is 1.80. The van der Waals surface area contributed by atoms with E-state index in [0.717, 1.165) is 10.1 Å². The van der Waals surface area contributed by atoms with E-state index in [1.54, 1.807) is 24.3 Å². The van der Waals surface area contributed by atoms with Crippen LogP contribution in [0.2, 0.25) is 0 Å². The Morgan fingerprint density at radius 1 is 0.964 bits per heavy atom. The fourth-order valence-electron chi connectivity index (χ4n) is 3.31. The van der Waals surface area contributed by atoms with Crippen LogP contribution in [0.4, 0.5) is 4.79 Å². The molecule has 0 amide bonds. The topological polar surface area (TPSA) is 78.3 Å². The number of ether oxygens (including phenoxy) is 1. The van der Waals surface area contributed by atoms with Gasteiger partial charge in [0, 0.05) is 17.0 Å². The van der Waals surface area contributed by atoms with Gasteiger partial charge in [-0.05, 0) is 5.56 Å². The van der Waals surface area contributed by atoms with Crippen LogP contribution in [0.5, 0.6) is 0 Å². The van der Waals surface area contributed by atoms with Crippen molar-refractivity contribution in [2.75, 3.05) is 0 Å². The lowest BCUT2D eigenvalue weighted by Gasteiger charge is -2.16. The Kier molecular flexibility index (Phi) is 4.39. The van der Waals surface area contributed by atoms with Crippen molar-refractivity contribution in [3.8, 4) is 11.3 Å². The van der Waals surface area contributed by atoms with Gasteiger partial charge in [0.1, 0.15) is 23.8 Å². The largest absolute Gasteiger partial charge is 0.444 e. The molecule has 4 rings (SSSR count). The average molecular weight is 374 g/mol. The zero-order chi connectivity index (χ0) is 19.8. The molecule has 1 heterocycles. The first kappa shape index (κ1) is 17.9. The minimum absolute atomic E-state index is 0.0227. The number of rotatable bonds is 3. The second-order valence-electron chi connectivity index (χ2n) is 6.90. The lowest BCUT2D eigenvalue weighted by molar-refractivity contribution is 0.0807. The van der Waals surface area contributed by atoms with E-state index in [4.69, 9.17) is 4.74 Å². The Labute approximate surface area is 161 Å². The second-order valence-corrected chi connectivity index (χ2v) is 6.90. The number of Topliss-reactive ketones (excluding diaryl/α,β-unsaturated/α-hetero) is 2. The number of imidazole rings is 1. The number of hydrogen-bond donors (Lipinski definition) is 0. The maximum Gasteiger partial charge on any atom is 0.420 e. The van der Waals surface area contributed by atoms with E-state index in [-0.39, 0.29) is 18.2 Å². The molecule has 1 aliphatic rings. The SMILES string of the molecule is CC(C)c1nc2c(n1C(=O)OCc1ccccc1)C(=O)C(=O)c1ccccc1-2. The smallest absolute Gasteiger partial charge is 0.420 e. The fourth-order valence-corrected chi connectivity index (χ4v) is 3.31. The van der Waals surface area contributed by atoms with Crippen molar-refractivity contribution in [2.45, 2.75) is 26.4 Å². The minimum Gasteiger partial charge on any atom is -0.444 e. The van der Waals surface area contributed by atoms with Gasteiger partial charge in [0.2, 0.25) is 5.78 Å². The van der Waals surface area contributed by atoms with Crippen molar-refractivity contribution in [3.05, 3.63) is 77.2 Å². The van der Waals surface area contributed by atoms with Crippen LogP contribution in [-0.2, 0) is 11.3 Å². The molecule has 1 aromatic heterocycles. The summed E-state index contributed by atoms with van der Waals surface area (Å²) in [5, 5.41) is 0. The predicted molar refractivity (Wildman–Crippen MR) is 102 cm³/mol. The van der Waals surface area contributed by atoms with Gasteiger partial charge in [-0.15, -0.1) is 0 Å². The van der Waals surface area contributed by atoms with E-state index >= 15 is 0 Å². The standard InChI is InChI=1S/C22H18N2O4/c1-13(2)21-23-17-15-10-6-7-11-16(15)19(25)20(26)18(17)24(21)22(27)28-12-14-8-4-3-5-9-14/h3-11,13H,12H2,1-2H3. The summed E-state index contributed by atoms with van der Waals surface area (Å²) < 4.78 is 6.57. The predicted octanol–water partition coefficient (Wildman–Crippen LogP) is 4.24. The van der Waals surface area contributed by atoms with E-state index in [1.165, 1.54) is 0 Å². The third-order valence-electron chi connectivity index (χ3n) is 4.66. The molecular weight excluding hydrogens is 356 g/mol. The molecule has 0 saturated carbocycles. The molecule has 0 bridgehead atoms. The van der Waals surface area contributed by atoms with Crippen molar-refractivity contribution in [1.82, 2.24) is 9.55 Å². The molecule has 28 heavy (non-hydrogen) atoms. The van der Waals surface area contributed by atoms with Crippen LogP contribution in [-0.4, -0.2) is 27.2 Å². The van der Waals surface area contributed by atoms with Crippen LogP contribution >= 0.6 is 0 Å². The number of ketones is 2. The monoisotopic (exact) mass is 374 g/mol. The van der Waals surface area contributed by atoms with Gasteiger partial charge in [-0.2, -0.15) is 0 Å². The summed E-state index contributed by atoms with van der Waals surface area (Å²) in [6.45, 7) is 3.79. The van der Waals surface area contributed by atoms with Gasteiger partial charge in [0.15, 0.2) is 0 Å². The summed E-state index contributed by atoms with van der Waals surface area (Å²) in [4.78, 5) is 42.8. The lowest BCUT2D eigenvalue weighted by Crippen LogP contribution is -2.28.